The number of hydrogen-bond acceptors (Lipinski definition) is 7. The number of nitrogens with zero attached hydrogens (tertiary/aromatic N) is 3. The van der Waals surface area contributed by atoms with Gasteiger partial charge in [0, 0.05) is 24.4 Å². The standard InChI is InChI=1S/C17H17Cl2N5O4/c1-8(2)10-6-14(22-24(3)16(10)25)27-15-11(18)4-9(5-12(15)19)20-7-13-21-17(26)28-23-13/h4-6,8,20H,7H2,1-3H3,(H,21,23,26). The molecule has 2 N–H and O–H groups in total. The monoisotopic (exact) mass is 425 g/mol. The summed E-state index contributed by atoms with van der Waals surface area (Å²) in [5.41, 5.74) is 0.965. The lowest BCUT2D eigenvalue weighted by Gasteiger charge is -2.14. The van der Waals surface area contributed by atoms with Gasteiger partial charge in [-0.15, -0.1) is 5.10 Å². The summed E-state index contributed by atoms with van der Waals surface area (Å²) in [7, 11) is 1.55. The van der Waals surface area contributed by atoms with Crippen molar-refractivity contribution in [2.45, 2.75) is 26.3 Å². The maximum absolute atomic E-state index is 12.1. The molecule has 2 aromatic heterocycles. The molecule has 0 fully saturated rings. The number of nitrogens with one attached hydrogen (secondary N) is 2. The Morgan fingerprint density at radius 2 is 1.93 bits per heavy atom. The zero-order valence-electron chi connectivity index (χ0n) is 15.2. The molecule has 148 valence electrons. The molecule has 0 saturated carbocycles. The number of aromatic amines is 1. The maximum atomic E-state index is 12.1. The molecule has 11 heteroatoms. The van der Waals surface area contributed by atoms with Gasteiger partial charge in [0.25, 0.3) is 5.56 Å². The van der Waals surface area contributed by atoms with Crippen molar-refractivity contribution in [3.63, 3.8) is 0 Å². The van der Waals surface area contributed by atoms with Crippen molar-refractivity contribution in [3.05, 3.63) is 60.5 Å². The summed E-state index contributed by atoms with van der Waals surface area (Å²) in [6.45, 7) is 4.02. The van der Waals surface area contributed by atoms with Crippen LogP contribution in [0.2, 0.25) is 10.0 Å². The maximum Gasteiger partial charge on any atom is 0.438 e. The van der Waals surface area contributed by atoms with Crippen LogP contribution in [0.3, 0.4) is 0 Å². The van der Waals surface area contributed by atoms with Gasteiger partial charge in [-0.2, -0.15) is 0 Å². The van der Waals surface area contributed by atoms with Crippen LogP contribution in [0, 0.1) is 0 Å². The second-order valence-electron chi connectivity index (χ2n) is 6.29. The van der Waals surface area contributed by atoms with E-state index in [2.05, 4.69) is 25.1 Å². The molecule has 0 atom stereocenters. The lowest BCUT2D eigenvalue weighted by atomic mass is 10.1. The van der Waals surface area contributed by atoms with E-state index in [1.54, 1.807) is 25.2 Å². The number of ether oxygens (including phenoxy) is 1. The van der Waals surface area contributed by atoms with E-state index in [0.717, 1.165) is 0 Å². The molecule has 0 aliphatic rings. The third kappa shape index (κ3) is 4.37. The summed E-state index contributed by atoms with van der Waals surface area (Å²) in [6, 6.07) is 4.78. The summed E-state index contributed by atoms with van der Waals surface area (Å²) < 4.78 is 11.4. The highest BCUT2D eigenvalue weighted by molar-refractivity contribution is 6.37. The van der Waals surface area contributed by atoms with Crippen molar-refractivity contribution in [3.8, 4) is 11.6 Å². The number of hydrogen-bond donors (Lipinski definition) is 2. The van der Waals surface area contributed by atoms with Crippen LogP contribution in [-0.2, 0) is 13.6 Å². The first-order chi connectivity index (χ1) is 13.2. The molecule has 0 bridgehead atoms. The minimum absolute atomic E-state index is 0.00421. The van der Waals surface area contributed by atoms with Gasteiger partial charge in [0.2, 0.25) is 5.88 Å². The lowest BCUT2D eigenvalue weighted by molar-refractivity contribution is 0.382. The van der Waals surface area contributed by atoms with Gasteiger partial charge in [-0.3, -0.25) is 14.3 Å². The van der Waals surface area contributed by atoms with Crippen molar-refractivity contribution >= 4 is 28.9 Å². The summed E-state index contributed by atoms with van der Waals surface area (Å²) in [5, 5.41) is 11.1. The first kappa shape index (κ1) is 20.0. The Morgan fingerprint density at radius 3 is 2.50 bits per heavy atom. The molecule has 1 aromatic carbocycles. The molecule has 28 heavy (non-hydrogen) atoms. The Hall–Kier alpha value is -2.78. The van der Waals surface area contributed by atoms with Crippen LogP contribution in [0.25, 0.3) is 0 Å². The van der Waals surface area contributed by atoms with Gasteiger partial charge in [-0.25, -0.2) is 9.48 Å². The fourth-order valence-electron chi connectivity index (χ4n) is 2.45. The zero-order valence-corrected chi connectivity index (χ0v) is 16.8. The molecule has 0 amide bonds. The van der Waals surface area contributed by atoms with Crippen LogP contribution in [0.1, 0.15) is 31.2 Å². The van der Waals surface area contributed by atoms with Gasteiger partial charge in [0.1, 0.15) is 0 Å². The van der Waals surface area contributed by atoms with Gasteiger partial charge < -0.3 is 10.1 Å². The van der Waals surface area contributed by atoms with Crippen molar-refractivity contribution < 1.29 is 9.26 Å². The van der Waals surface area contributed by atoms with Crippen molar-refractivity contribution in [2.24, 2.45) is 7.05 Å². The molecule has 0 aliphatic carbocycles. The molecular weight excluding hydrogens is 409 g/mol. The Balaban J connectivity index is 1.83. The van der Waals surface area contributed by atoms with Gasteiger partial charge in [-0.1, -0.05) is 42.2 Å². The van der Waals surface area contributed by atoms with Gasteiger partial charge >= 0.3 is 5.76 Å². The molecule has 0 saturated heterocycles. The van der Waals surface area contributed by atoms with Crippen LogP contribution in [-0.4, -0.2) is 19.9 Å². The number of benzene rings is 1. The number of aryl methyl sites for hydroxylation is 1. The minimum atomic E-state index is -0.637. The second kappa shape index (κ2) is 8.07. The fraction of sp³-hybridized carbons (Fsp3) is 0.294. The van der Waals surface area contributed by atoms with E-state index < -0.39 is 5.76 Å². The van der Waals surface area contributed by atoms with E-state index >= 15 is 0 Å². The Kier molecular flexibility index (Phi) is 5.76. The molecule has 0 aliphatic heterocycles. The minimum Gasteiger partial charge on any atom is -0.434 e. The molecule has 0 radical (unpaired) electrons. The largest absolute Gasteiger partial charge is 0.438 e. The summed E-state index contributed by atoms with van der Waals surface area (Å²) in [5.74, 6) is 0.111. The molecule has 9 nitrogen and oxygen atoms in total. The van der Waals surface area contributed by atoms with Crippen molar-refractivity contribution in [1.82, 2.24) is 19.9 Å². The van der Waals surface area contributed by atoms with Crippen LogP contribution >= 0.6 is 23.2 Å². The number of H-pyrrole nitrogens is 1. The van der Waals surface area contributed by atoms with Crippen LogP contribution in [0.5, 0.6) is 11.6 Å². The van der Waals surface area contributed by atoms with E-state index in [0.29, 0.717) is 17.1 Å². The molecule has 3 rings (SSSR count). The van der Waals surface area contributed by atoms with Gasteiger partial charge in [-0.05, 0) is 18.1 Å². The average Bonchev–Trinajstić information content (AvgIpc) is 3.04. The van der Waals surface area contributed by atoms with Gasteiger partial charge in [0.05, 0.1) is 16.6 Å². The van der Waals surface area contributed by atoms with E-state index in [9.17, 15) is 9.59 Å². The average molecular weight is 426 g/mol. The molecule has 0 spiro atoms. The van der Waals surface area contributed by atoms with E-state index in [-0.39, 0.29) is 39.7 Å². The first-order valence-electron chi connectivity index (χ1n) is 8.28. The topological polar surface area (TPSA) is 115 Å². The van der Waals surface area contributed by atoms with E-state index in [4.69, 9.17) is 27.9 Å². The molecule has 2 heterocycles. The number of anilines is 1. The number of aromatic nitrogens is 4. The Bertz CT molecular complexity index is 1100. The van der Waals surface area contributed by atoms with Crippen LogP contribution in [0.4, 0.5) is 5.69 Å². The number of halogens is 2. The smallest absolute Gasteiger partial charge is 0.434 e. The number of rotatable bonds is 6. The summed E-state index contributed by atoms with van der Waals surface area (Å²) in [6.07, 6.45) is 0. The highest BCUT2D eigenvalue weighted by Gasteiger charge is 2.15. The van der Waals surface area contributed by atoms with Gasteiger partial charge in [0.15, 0.2) is 11.6 Å². The lowest BCUT2D eigenvalue weighted by Crippen LogP contribution is -2.24. The van der Waals surface area contributed by atoms with Crippen molar-refractivity contribution in [1.29, 1.82) is 0 Å². The van der Waals surface area contributed by atoms with E-state index in [1.165, 1.54) is 4.68 Å². The Labute approximate surface area is 169 Å². The fourth-order valence-corrected chi connectivity index (χ4v) is 3.02. The summed E-state index contributed by atoms with van der Waals surface area (Å²) >= 11 is 12.6. The van der Waals surface area contributed by atoms with Crippen LogP contribution < -0.4 is 21.4 Å². The Morgan fingerprint density at radius 1 is 1.25 bits per heavy atom. The van der Waals surface area contributed by atoms with E-state index in [1.807, 2.05) is 13.8 Å². The second-order valence-corrected chi connectivity index (χ2v) is 7.10. The highest BCUT2D eigenvalue weighted by atomic mass is 35.5. The quantitative estimate of drug-likeness (QED) is 0.622. The molecule has 3 aromatic rings. The summed E-state index contributed by atoms with van der Waals surface area (Å²) in [4.78, 5) is 25.5. The molecule has 0 unspecified atom stereocenters. The highest BCUT2D eigenvalue weighted by Crippen LogP contribution is 2.38. The SMILES string of the molecule is CC(C)c1cc(Oc2c(Cl)cc(NCc3noc(=O)[nH]3)cc2Cl)nn(C)c1=O. The normalized spacial score (nSPS) is 11.1. The predicted molar refractivity (Wildman–Crippen MR) is 105 cm³/mol. The molecular formula is C17H17Cl2N5O4. The van der Waals surface area contributed by atoms with Crippen molar-refractivity contribution in [2.75, 3.05) is 5.32 Å². The van der Waals surface area contributed by atoms with Crippen LogP contribution in [0.15, 0.2) is 32.3 Å². The predicted octanol–water partition coefficient (Wildman–Crippen LogP) is 3.29. The third-order valence-electron chi connectivity index (χ3n) is 3.84. The zero-order chi connectivity index (χ0) is 20.4. The third-order valence-corrected chi connectivity index (χ3v) is 4.40. The first-order valence-corrected chi connectivity index (χ1v) is 9.04.